The highest BCUT2D eigenvalue weighted by atomic mass is 32.1. The fourth-order valence-corrected chi connectivity index (χ4v) is 11.0. The third-order valence-corrected chi connectivity index (χ3v) is 15.8. The smallest absolute Gasteiger partial charge is 0.484 e. The normalized spacial score (nSPS) is 14.4. The first-order valence-corrected chi connectivity index (χ1v) is 29.9. The number of thiophene rings is 1. The van der Waals surface area contributed by atoms with Gasteiger partial charge in [0.15, 0.2) is 24.6 Å². The molecule has 4 N–H and O–H groups in total. The Morgan fingerprint density at radius 3 is 2.06 bits per heavy atom. The standard InChI is InChI=1S/C60H72BF2N11O12S/c1-4-23-72-59(80)58-51(69(3)60(72)81)36-48(67-58)42-9-15-46(16-10-42)85-40-55(77)66-37-56(78)71-26-24-70(25-27-71)39-54(76)65-22-7-29-83-31-33-84-32-30-82-28-6-21-64-53(75)38-68(2)57(79)41-86-47-17-11-43(12-18-47)49-19-13-44-35-45-14-20-50(52-8-5-34-87-52)74(45)61(62,63)73(44)49/h5,8-20,34-36,67H,4,6-7,21-33,37-41H2,1-3H3,(H,64,75)(H,65,76)(H,66,77). The van der Waals surface area contributed by atoms with Crippen molar-refractivity contribution in [3.05, 3.63) is 134 Å². The molecule has 3 aliphatic rings. The molecule has 2 aromatic carbocycles. The van der Waals surface area contributed by atoms with Gasteiger partial charge in [-0.05, 0) is 103 Å². The molecule has 0 saturated carbocycles. The lowest BCUT2D eigenvalue weighted by atomic mass is 9.90. The number of aromatic amines is 1. The first-order valence-electron chi connectivity index (χ1n) is 29.0. The number of hydrogen-bond acceptors (Lipinski definition) is 14. The van der Waals surface area contributed by atoms with Crippen molar-refractivity contribution in [1.29, 1.82) is 0 Å². The van der Waals surface area contributed by atoms with E-state index in [1.807, 2.05) is 29.3 Å². The van der Waals surface area contributed by atoms with Crippen LogP contribution in [0.1, 0.15) is 37.4 Å². The van der Waals surface area contributed by atoms with Gasteiger partial charge in [0, 0.05) is 119 Å². The molecule has 462 valence electrons. The van der Waals surface area contributed by atoms with Crippen LogP contribution in [0.25, 0.3) is 38.9 Å². The Morgan fingerprint density at radius 2 is 1.40 bits per heavy atom. The van der Waals surface area contributed by atoms with Gasteiger partial charge in [-0.2, -0.15) is 0 Å². The second kappa shape index (κ2) is 29.7. The number of aromatic nitrogens is 4. The van der Waals surface area contributed by atoms with Crippen LogP contribution in [0.3, 0.4) is 0 Å². The fourth-order valence-electron chi connectivity index (χ4n) is 10.3. The van der Waals surface area contributed by atoms with Crippen LogP contribution in [0.5, 0.6) is 11.5 Å². The van der Waals surface area contributed by atoms with E-state index in [9.17, 15) is 33.6 Å². The maximum Gasteiger partial charge on any atom is 0.737 e. The molecule has 0 radical (unpaired) electrons. The molecule has 27 heteroatoms. The third kappa shape index (κ3) is 15.9. The molecule has 87 heavy (non-hydrogen) atoms. The Bertz CT molecular complexity index is 3630. The molecule has 4 aromatic heterocycles. The number of benzene rings is 2. The van der Waals surface area contributed by atoms with Crippen molar-refractivity contribution in [2.45, 2.75) is 32.7 Å². The van der Waals surface area contributed by atoms with Gasteiger partial charge < -0.3 is 72.0 Å². The molecule has 0 aliphatic carbocycles. The van der Waals surface area contributed by atoms with Crippen molar-refractivity contribution in [3.63, 3.8) is 0 Å². The number of nitrogens with one attached hydrogen (secondary N) is 4. The van der Waals surface area contributed by atoms with Crippen LogP contribution in [0.2, 0.25) is 0 Å². The summed E-state index contributed by atoms with van der Waals surface area (Å²) in [5.41, 5.74) is 3.73. The maximum absolute atomic E-state index is 16.3. The first-order chi connectivity index (χ1) is 42.1. The molecule has 1 fully saturated rings. The van der Waals surface area contributed by atoms with E-state index in [4.69, 9.17) is 23.7 Å². The van der Waals surface area contributed by atoms with E-state index in [1.54, 1.807) is 96.9 Å². The summed E-state index contributed by atoms with van der Waals surface area (Å²) in [6.07, 6.45) is 6.93. The van der Waals surface area contributed by atoms with Crippen LogP contribution in [0.15, 0.2) is 112 Å². The zero-order valence-corrected chi connectivity index (χ0v) is 49.8. The molecular weight excluding hydrogens is 1150 g/mol. The quantitative estimate of drug-likeness (QED) is 0.0360. The van der Waals surface area contributed by atoms with Crippen molar-refractivity contribution in [1.82, 2.24) is 49.2 Å². The van der Waals surface area contributed by atoms with Crippen molar-refractivity contribution in [2.75, 3.05) is 119 Å². The predicted octanol–water partition coefficient (Wildman–Crippen LogP) is 3.52. The molecule has 3 aliphatic heterocycles. The molecule has 7 heterocycles. The number of rotatable bonds is 31. The van der Waals surface area contributed by atoms with E-state index in [0.29, 0.717) is 161 Å². The molecule has 1 saturated heterocycles. The van der Waals surface area contributed by atoms with E-state index in [0.717, 1.165) is 19.4 Å². The molecule has 0 bridgehead atoms. The van der Waals surface area contributed by atoms with Gasteiger partial charge in [0.2, 0.25) is 17.7 Å². The number of nitrogens with zero attached hydrogens (tertiary/aromatic N) is 7. The summed E-state index contributed by atoms with van der Waals surface area (Å²) in [5.74, 6) is -0.751. The fraction of sp³-hybridized carbons (Fsp3) is 0.400. The van der Waals surface area contributed by atoms with Crippen LogP contribution >= 0.6 is 11.3 Å². The summed E-state index contributed by atoms with van der Waals surface area (Å²) in [5, 5.41) is 10.1. The highest BCUT2D eigenvalue weighted by Crippen LogP contribution is 2.38. The summed E-state index contributed by atoms with van der Waals surface area (Å²) in [6.45, 7) is 2.26. The minimum absolute atomic E-state index is 0.122. The third-order valence-electron chi connectivity index (χ3n) is 14.9. The Kier molecular flexibility index (Phi) is 21.5. The Morgan fingerprint density at radius 1 is 0.759 bits per heavy atom. The summed E-state index contributed by atoms with van der Waals surface area (Å²) < 4.78 is 65.6. The lowest BCUT2D eigenvalue weighted by Crippen LogP contribution is -2.53. The van der Waals surface area contributed by atoms with E-state index < -0.39 is 18.8 Å². The zero-order valence-electron chi connectivity index (χ0n) is 48.9. The molecule has 23 nitrogen and oxygen atoms in total. The summed E-state index contributed by atoms with van der Waals surface area (Å²) in [7, 11) is 3.13. The number of carbonyl (C=O) groups is 5. The summed E-state index contributed by atoms with van der Waals surface area (Å²) >= 11 is 1.41. The molecule has 9 rings (SSSR count). The average Bonchev–Trinajstić information content (AvgIpc) is 1.83. The monoisotopic (exact) mass is 1220 g/mol. The molecule has 0 atom stereocenters. The lowest BCUT2D eigenvalue weighted by molar-refractivity contribution is -0.360. The number of likely N-dealkylation sites (N-methyl/N-ethyl adjacent to an activating group) is 1. The first kappa shape index (κ1) is 63.0. The molecule has 6 aromatic rings. The highest BCUT2D eigenvalue weighted by molar-refractivity contribution is 7.13. The van der Waals surface area contributed by atoms with E-state index >= 15 is 8.63 Å². The maximum atomic E-state index is 16.3. The minimum atomic E-state index is -4.20. The average molecular weight is 1220 g/mol. The summed E-state index contributed by atoms with van der Waals surface area (Å²) in [6, 6.07) is 22.4. The lowest BCUT2D eigenvalue weighted by Gasteiger charge is -2.34. The number of allylic oxidation sites excluding steroid dienone is 2. The van der Waals surface area contributed by atoms with Gasteiger partial charge in [0.1, 0.15) is 17.0 Å². The largest absolute Gasteiger partial charge is 0.737 e. The van der Waals surface area contributed by atoms with E-state index in [1.165, 1.54) is 32.4 Å². The van der Waals surface area contributed by atoms with Crippen LogP contribution in [-0.4, -0.2) is 199 Å². The number of aryl methyl sites for hydroxylation is 1. The number of amides is 5. The number of halogens is 2. The summed E-state index contributed by atoms with van der Waals surface area (Å²) in [4.78, 5) is 97.7. The van der Waals surface area contributed by atoms with Gasteiger partial charge in [-0.15, -0.1) is 11.3 Å². The molecule has 0 spiro atoms. The van der Waals surface area contributed by atoms with Gasteiger partial charge in [0.05, 0.1) is 51.6 Å². The number of carbonyl (C=O) groups excluding carboxylic acids is 5. The van der Waals surface area contributed by atoms with Crippen molar-refractivity contribution >= 4 is 70.7 Å². The Labute approximate surface area is 504 Å². The van der Waals surface area contributed by atoms with Crippen LogP contribution in [-0.2, 0) is 51.8 Å². The number of piperazine rings is 1. The van der Waals surface area contributed by atoms with Crippen molar-refractivity contribution < 1.29 is 60.8 Å². The topological polar surface area (TPSA) is 245 Å². The second-order valence-electron chi connectivity index (χ2n) is 21.0. The minimum Gasteiger partial charge on any atom is -0.484 e. The van der Waals surface area contributed by atoms with Gasteiger partial charge in [0.25, 0.3) is 17.4 Å². The Balaban J connectivity index is 0.539. The number of ether oxygens (including phenoxy) is 5. The molecule has 5 amide bonds. The molecule has 0 unspecified atom stereocenters. The van der Waals surface area contributed by atoms with Gasteiger partial charge >= 0.3 is 12.7 Å². The van der Waals surface area contributed by atoms with E-state index in [-0.39, 0.29) is 61.8 Å². The zero-order chi connectivity index (χ0) is 61.5. The number of fused-ring (bicyclic) bond motifs is 3. The highest BCUT2D eigenvalue weighted by Gasteiger charge is 2.53. The van der Waals surface area contributed by atoms with Gasteiger partial charge in [-0.1, -0.05) is 13.0 Å². The van der Waals surface area contributed by atoms with Crippen molar-refractivity contribution in [2.24, 2.45) is 7.05 Å². The van der Waals surface area contributed by atoms with Crippen LogP contribution < -0.4 is 36.7 Å². The number of H-pyrrole nitrogens is 1. The van der Waals surface area contributed by atoms with Gasteiger partial charge in [-0.3, -0.25) is 42.8 Å². The van der Waals surface area contributed by atoms with Crippen LogP contribution in [0.4, 0.5) is 8.63 Å². The van der Waals surface area contributed by atoms with Gasteiger partial charge in [-0.25, -0.2) is 4.79 Å². The van der Waals surface area contributed by atoms with Crippen molar-refractivity contribution in [3.8, 4) is 33.3 Å². The molecular formula is C60H72BF2N11O12S. The second-order valence-corrected chi connectivity index (χ2v) is 22.0. The SMILES string of the molecule is CCCn1c(=O)c2[nH]c(-c3ccc(OCC(=O)NCC(=O)N4CCN(CC(=O)NCCCOCCOCCOCCCNC(=O)CN(C)C(=O)COc5ccc(C6=[N+]7C(=Cc8ccc(-c9cccs9)n8[B-]7(F)F)C=C6)cc5)CC4)cc3)cc2n(C)c1=O. The van der Waals surface area contributed by atoms with Crippen LogP contribution in [0, 0.1) is 0 Å². The van der Waals surface area contributed by atoms with E-state index in [2.05, 4.69) is 20.9 Å². The predicted molar refractivity (Wildman–Crippen MR) is 325 cm³/mol. The number of hydrogen-bond donors (Lipinski definition) is 4. The Hall–Kier alpha value is -8.50.